The Bertz CT molecular complexity index is 3530. The molecule has 0 fully saturated rings. The second-order valence-corrected chi connectivity index (χ2v) is 14.4. The zero-order valence-electron chi connectivity index (χ0n) is 30.4. The van der Waals surface area contributed by atoms with E-state index in [0.717, 1.165) is 99.2 Å². The van der Waals surface area contributed by atoms with Crippen molar-refractivity contribution in [3.63, 3.8) is 0 Å². The number of benzene rings is 8. The Morgan fingerprint density at radius 2 is 0.877 bits per heavy atom. The van der Waals surface area contributed by atoms with Crippen molar-refractivity contribution in [1.29, 1.82) is 0 Å². The summed E-state index contributed by atoms with van der Waals surface area (Å²) in [6.07, 6.45) is 0. The SMILES string of the molecule is c1ccc(-c2ccc3c(c2)oc2cc(-n4c5ccccc5c5cccc(-c6nc(-c7ccccc7)nc(-c7ccc8c(c7)oc7ccccc78)n6)c54)ccc23)cc1. The van der Waals surface area contributed by atoms with E-state index in [4.69, 9.17) is 23.8 Å². The monoisotopic (exact) mass is 730 g/mol. The third-order valence-corrected chi connectivity index (χ3v) is 11.1. The highest BCUT2D eigenvalue weighted by atomic mass is 16.3. The number of furan rings is 2. The summed E-state index contributed by atoms with van der Waals surface area (Å²) in [5.74, 6) is 1.74. The molecule has 12 rings (SSSR count). The molecular weight excluding hydrogens is 701 g/mol. The van der Waals surface area contributed by atoms with Crippen LogP contribution in [0.2, 0.25) is 0 Å². The van der Waals surface area contributed by atoms with Gasteiger partial charge in [0.05, 0.1) is 11.0 Å². The lowest BCUT2D eigenvalue weighted by atomic mass is 10.0. The smallest absolute Gasteiger partial charge is 0.166 e. The Hall–Kier alpha value is -7.83. The molecule has 266 valence electrons. The Morgan fingerprint density at radius 1 is 0.333 bits per heavy atom. The van der Waals surface area contributed by atoms with Crippen LogP contribution in [0.5, 0.6) is 0 Å². The Kier molecular flexibility index (Phi) is 6.83. The van der Waals surface area contributed by atoms with Crippen LogP contribution in [0.15, 0.2) is 191 Å². The molecule has 0 aliphatic heterocycles. The van der Waals surface area contributed by atoms with Crippen molar-refractivity contribution >= 4 is 65.7 Å². The largest absolute Gasteiger partial charge is 0.456 e. The molecule has 0 radical (unpaired) electrons. The van der Waals surface area contributed by atoms with Gasteiger partial charge in [-0.3, -0.25) is 0 Å². The van der Waals surface area contributed by atoms with Gasteiger partial charge in [0.25, 0.3) is 0 Å². The van der Waals surface area contributed by atoms with E-state index in [0.29, 0.717) is 17.5 Å². The number of rotatable bonds is 5. The predicted octanol–water partition coefficient (Wildman–Crippen LogP) is 13.4. The number of fused-ring (bicyclic) bond motifs is 9. The number of aromatic nitrogens is 4. The van der Waals surface area contributed by atoms with Crippen molar-refractivity contribution in [3.05, 3.63) is 182 Å². The zero-order valence-corrected chi connectivity index (χ0v) is 30.4. The average Bonchev–Trinajstić information content (AvgIpc) is 3.95. The number of hydrogen-bond acceptors (Lipinski definition) is 5. The fourth-order valence-electron chi connectivity index (χ4n) is 8.39. The molecule has 0 saturated heterocycles. The molecule has 0 saturated carbocycles. The molecule has 12 aromatic rings. The maximum absolute atomic E-state index is 6.62. The van der Waals surface area contributed by atoms with Crippen LogP contribution < -0.4 is 0 Å². The van der Waals surface area contributed by atoms with E-state index in [2.05, 4.69) is 126 Å². The van der Waals surface area contributed by atoms with Gasteiger partial charge in [-0.15, -0.1) is 0 Å². The fourth-order valence-corrected chi connectivity index (χ4v) is 8.39. The average molecular weight is 731 g/mol. The molecule has 8 aromatic carbocycles. The minimum atomic E-state index is 0.569. The third kappa shape index (κ3) is 5.01. The van der Waals surface area contributed by atoms with Crippen molar-refractivity contribution in [2.24, 2.45) is 0 Å². The highest BCUT2D eigenvalue weighted by Crippen LogP contribution is 2.40. The van der Waals surface area contributed by atoms with Crippen LogP contribution in [0.3, 0.4) is 0 Å². The normalized spacial score (nSPS) is 11.9. The molecule has 4 aromatic heterocycles. The minimum absolute atomic E-state index is 0.569. The number of para-hydroxylation sites is 3. The summed E-state index contributed by atoms with van der Waals surface area (Å²) in [5.41, 5.74) is 11.3. The standard InChI is InChI=1S/C51H30N4O2/c1-3-12-31(13-4-1)33-22-25-39-40-27-24-35(30-47(40)57-45(39)28-33)55-43-20-9-7-16-36(43)41-18-11-19-42(48(41)55)51-53-49(32-14-5-2-6-15-32)52-50(54-51)34-23-26-38-37-17-8-10-21-44(37)56-46(38)29-34/h1-30H. The first-order valence-electron chi connectivity index (χ1n) is 19.0. The lowest BCUT2D eigenvalue weighted by Crippen LogP contribution is -2.02. The maximum atomic E-state index is 6.62. The van der Waals surface area contributed by atoms with Crippen molar-refractivity contribution < 1.29 is 8.83 Å². The summed E-state index contributed by atoms with van der Waals surface area (Å²) in [4.78, 5) is 15.5. The van der Waals surface area contributed by atoms with Crippen molar-refractivity contribution in [2.45, 2.75) is 0 Å². The van der Waals surface area contributed by atoms with E-state index in [9.17, 15) is 0 Å². The van der Waals surface area contributed by atoms with Crippen molar-refractivity contribution in [2.75, 3.05) is 0 Å². The lowest BCUT2D eigenvalue weighted by molar-refractivity contribution is 0.668. The van der Waals surface area contributed by atoms with E-state index >= 15 is 0 Å². The van der Waals surface area contributed by atoms with E-state index in [1.807, 2.05) is 60.7 Å². The summed E-state index contributed by atoms with van der Waals surface area (Å²) < 4.78 is 15.2. The van der Waals surface area contributed by atoms with E-state index in [1.54, 1.807) is 0 Å². The van der Waals surface area contributed by atoms with Gasteiger partial charge in [0.1, 0.15) is 22.3 Å². The van der Waals surface area contributed by atoms with E-state index < -0.39 is 0 Å². The highest BCUT2D eigenvalue weighted by molar-refractivity contribution is 6.14. The summed E-state index contributed by atoms with van der Waals surface area (Å²) in [6.45, 7) is 0. The first-order chi connectivity index (χ1) is 28.2. The van der Waals surface area contributed by atoms with Crippen LogP contribution in [-0.4, -0.2) is 19.5 Å². The molecule has 0 amide bonds. The van der Waals surface area contributed by atoms with Gasteiger partial charge in [0.2, 0.25) is 0 Å². The summed E-state index contributed by atoms with van der Waals surface area (Å²) >= 11 is 0. The van der Waals surface area contributed by atoms with Gasteiger partial charge in [-0.1, -0.05) is 121 Å². The Labute approximate surface area is 325 Å². The van der Waals surface area contributed by atoms with Gasteiger partial charge < -0.3 is 13.4 Å². The fraction of sp³-hybridized carbons (Fsp3) is 0. The van der Waals surface area contributed by atoms with Crippen LogP contribution in [-0.2, 0) is 0 Å². The predicted molar refractivity (Wildman–Crippen MR) is 230 cm³/mol. The summed E-state index contributed by atoms with van der Waals surface area (Å²) in [5, 5.41) is 6.54. The second-order valence-electron chi connectivity index (χ2n) is 14.4. The first-order valence-corrected chi connectivity index (χ1v) is 19.0. The van der Waals surface area contributed by atoms with Gasteiger partial charge in [0.15, 0.2) is 17.5 Å². The molecule has 0 N–H and O–H groups in total. The van der Waals surface area contributed by atoms with E-state index in [-0.39, 0.29) is 0 Å². The molecule has 0 spiro atoms. The van der Waals surface area contributed by atoms with Gasteiger partial charge in [-0.25, -0.2) is 15.0 Å². The molecule has 0 unspecified atom stereocenters. The Morgan fingerprint density at radius 3 is 1.67 bits per heavy atom. The molecule has 0 aliphatic carbocycles. The zero-order chi connectivity index (χ0) is 37.5. The minimum Gasteiger partial charge on any atom is -0.456 e. The molecule has 0 bridgehead atoms. The van der Waals surface area contributed by atoms with Crippen LogP contribution >= 0.6 is 0 Å². The van der Waals surface area contributed by atoms with Gasteiger partial charge >= 0.3 is 0 Å². The molecule has 4 heterocycles. The topological polar surface area (TPSA) is 69.9 Å². The third-order valence-electron chi connectivity index (χ3n) is 11.1. The summed E-state index contributed by atoms with van der Waals surface area (Å²) in [7, 11) is 0. The first kappa shape index (κ1) is 31.5. The van der Waals surface area contributed by atoms with Crippen LogP contribution in [0.25, 0.3) is 117 Å². The summed E-state index contributed by atoms with van der Waals surface area (Å²) in [6, 6.07) is 62.7. The lowest BCUT2D eigenvalue weighted by Gasteiger charge is -2.13. The number of nitrogens with zero attached hydrogens (tertiary/aromatic N) is 4. The van der Waals surface area contributed by atoms with Crippen LogP contribution in [0.1, 0.15) is 0 Å². The second kappa shape index (κ2) is 12.3. The molecule has 0 aliphatic rings. The molecular formula is C51H30N4O2. The van der Waals surface area contributed by atoms with Gasteiger partial charge in [-0.2, -0.15) is 0 Å². The quantitative estimate of drug-likeness (QED) is 0.176. The van der Waals surface area contributed by atoms with E-state index in [1.165, 1.54) is 0 Å². The van der Waals surface area contributed by atoms with Crippen molar-refractivity contribution in [3.8, 4) is 51.0 Å². The maximum Gasteiger partial charge on any atom is 0.166 e. The van der Waals surface area contributed by atoms with Crippen LogP contribution in [0.4, 0.5) is 0 Å². The molecule has 0 atom stereocenters. The molecule has 6 nitrogen and oxygen atoms in total. The van der Waals surface area contributed by atoms with Crippen molar-refractivity contribution in [1.82, 2.24) is 19.5 Å². The van der Waals surface area contributed by atoms with Gasteiger partial charge in [-0.05, 0) is 65.7 Å². The molecule has 57 heavy (non-hydrogen) atoms. The number of hydrogen-bond donors (Lipinski definition) is 0. The highest BCUT2D eigenvalue weighted by Gasteiger charge is 2.21. The van der Waals surface area contributed by atoms with Gasteiger partial charge in [0, 0.05) is 60.8 Å². The molecule has 6 heteroatoms. The van der Waals surface area contributed by atoms with Crippen LogP contribution in [0, 0.1) is 0 Å². The Balaban J connectivity index is 1.08.